The first-order valence-electron chi connectivity index (χ1n) is 6.80. The summed E-state index contributed by atoms with van der Waals surface area (Å²) in [5.41, 5.74) is 1.62. The highest BCUT2D eigenvalue weighted by molar-refractivity contribution is 8.00. The molecule has 0 fully saturated rings. The molecule has 0 saturated heterocycles. The zero-order chi connectivity index (χ0) is 15.5. The van der Waals surface area contributed by atoms with Gasteiger partial charge in [0.25, 0.3) is 0 Å². The summed E-state index contributed by atoms with van der Waals surface area (Å²) in [5.74, 6) is -0.0793. The molecule has 0 aliphatic rings. The molecule has 1 unspecified atom stereocenters. The van der Waals surface area contributed by atoms with Gasteiger partial charge in [-0.1, -0.05) is 17.8 Å². The van der Waals surface area contributed by atoms with Gasteiger partial charge in [0, 0.05) is 18.6 Å². The topological polar surface area (TPSA) is 72.7 Å². The van der Waals surface area contributed by atoms with Crippen LogP contribution >= 0.6 is 11.8 Å². The van der Waals surface area contributed by atoms with E-state index in [4.69, 9.17) is 0 Å². The Balaban J connectivity index is 1.77. The second kappa shape index (κ2) is 6.15. The van der Waals surface area contributed by atoms with Gasteiger partial charge in [0.15, 0.2) is 5.16 Å². The van der Waals surface area contributed by atoms with Crippen molar-refractivity contribution < 1.29 is 4.79 Å². The molecule has 0 radical (unpaired) electrons. The van der Waals surface area contributed by atoms with Crippen LogP contribution < -0.4 is 5.32 Å². The van der Waals surface area contributed by atoms with E-state index in [0.717, 1.165) is 16.6 Å². The first-order valence-corrected chi connectivity index (χ1v) is 7.68. The maximum Gasteiger partial charge on any atom is 0.237 e. The lowest BCUT2D eigenvalue weighted by Gasteiger charge is -2.12. The van der Waals surface area contributed by atoms with Crippen LogP contribution in [0, 0.1) is 0 Å². The van der Waals surface area contributed by atoms with Crippen LogP contribution in [0.3, 0.4) is 0 Å². The predicted octanol–water partition coefficient (Wildman–Crippen LogP) is 2.48. The number of carbonyl (C=O) groups excluding carboxylic acids is 1. The number of aryl methyl sites for hydroxylation is 1. The van der Waals surface area contributed by atoms with Crippen LogP contribution in [0.4, 0.5) is 5.69 Å². The summed E-state index contributed by atoms with van der Waals surface area (Å²) in [5, 5.41) is 12.1. The summed E-state index contributed by atoms with van der Waals surface area (Å²) < 4.78 is 1.79. The van der Waals surface area contributed by atoms with Gasteiger partial charge < -0.3 is 9.88 Å². The third-order valence-corrected chi connectivity index (χ3v) is 4.37. The van der Waals surface area contributed by atoms with Crippen LogP contribution in [0.15, 0.2) is 48.0 Å². The molecule has 112 valence electrons. The molecule has 0 saturated carbocycles. The number of fused-ring (bicyclic) bond motifs is 1. The Morgan fingerprint density at radius 1 is 1.32 bits per heavy atom. The summed E-state index contributed by atoms with van der Waals surface area (Å²) >= 11 is 1.37. The largest absolute Gasteiger partial charge is 0.324 e. The van der Waals surface area contributed by atoms with Crippen molar-refractivity contribution in [2.45, 2.75) is 17.3 Å². The molecule has 0 aliphatic heterocycles. The van der Waals surface area contributed by atoms with Crippen molar-refractivity contribution >= 4 is 34.3 Å². The third kappa shape index (κ3) is 2.94. The number of carbonyl (C=O) groups is 1. The van der Waals surface area contributed by atoms with Gasteiger partial charge in [0.1, 0.15) is 6.33 Å². The number of amides is 1. The molecule has 3 aromatic rings. The highest BCUT2D eigenvalue weighted by Gasteiger charge is 2.18. The minimum atomic E-state index is -0.283. The van der Waals surface area contributed by atoms with Crippen molar-refractivity contribution in [3.05, 3.63) is 42.9 Å². The zero-order valence-electron chi connectivity index (χ0n) is 12.2. The number of hydrogen-bond acceptors (Lipinski definition) is 5. The minimum Gasteiger partial charge on any atom is -0.324 e. The third-order valence-electron chi connectivity index (χ3n) is 3.22. The smallest absolute Gasteiger partial charge is 0.237 e. The minimum absolute atomic E-state index is 0.0793. The number of aromatic nitrogens is 4. The van der Waals surface area contributed by atoms with E-state index in [9.17, 15) is 4.79 Å². The molecule has 1 aromatic carbocycles. The fourth-order valence-corrected chi connectivity index (χ4v) is 2.83. The van der Waals surface area contributed by atoms with Crippen molar-refractivity contribution in [3.8, 4) is 0 Å². The number of anilines is 1. The second-order valence-electron chi connectivity index (χ2n) is 4.85. The van der Waals surface area contributed by atoms with Gasteiger partial charge in [-0.2, -0.15) is 0 Å². The van der Waals surface area contributed by atoms with Gasteiger partial charge in [-0.15, -0.1) is 10.2 Å². The first kappa shape index (κ1) is 14.5. The maximum atomic E-state index is 12.4. The van der Waals surface area contributed by atoms with Crippen LogP contribution in [0.25, 0.3) is 10.9 Å². The van der Waals surface area contributed by atoms with E-state index >= 15 is 0 Å². The van der Waals surface area contributed by atoms with Crippen molar-refractivity contribution in [1.82, 2.24) is 19.7 Å². The fourth-order valence-electron chi connectivity index (χ4n) is 2.04. The molecule has 1 amide bonds. The van der Waals surface area contributed by atoms with Crippen molar-refractivity contribution in [2.24, 2.45) is 7.05 Å². The Morgan fingerprint density at radius 3 is 2.95 bits per heavy atom. The van der Waals surface area contributed by atoms with Crippen LogP contribution in [0.2, 0.25) is 0 Å². The van der Waals surface area contributed by atoms with E-state index in [2.05, 4.69) is 20.5 Å². The Hall–Kier alpha value is -2.41. The molecule has 6 nitrogen and oxygen atoms in total. The standard InChI is InChI=1S/C15H15N5OS/c1-10(22-15-19-17-9-20(15)2)14(21)18-13-7-3-6-12-11(13)5-4-8-16-12/h3-10H,1-2H3,(H,18,21). The van der Waals surface area contributed by atoms with Gasteiger partial charge in [-0.3, -0.25) is 9.78 Å². The molecule has 22 heavy (non-hydrogen) atoms. The number of thioether (sulfide) groups is 1. The van der Waals surface area contributed by atoms with E-state index < -0.39 is 0 Å². The molecule has 2 heterocycles. The summed E-state index contributed by atoms with van der Waals surface area (Å²) in [7, 11) is 1.85. The first-order chi connectivity index (χ1) is 10.6. The number of rotatable bonds is 4. The number of nitrogens with one attached hydrogen (secondary N) is 1. The van der Waals surface area contributed by atoms with E-state index in [0.29, 0.717) is 5.16 Å². The zero-order valence-corrected chi connectivity index (χ0v) is 13.0. The SMILES string of the molecule is CC(Sc1nncn1C)C(=O)Nc1cccc2ncccc12. The normalized spacial score (nSPS) is 12.3. The number of benzene rings is 1. The molecule has 0 spiro atoms. The monoisotopic (exact) mass is 313 g/mol. The summed E-state index contributed by atoms with van der Waals surface area (Å²) in [4.78, 5) is 16.7. The van der Waals surface area contributed by atoms with Gasteiger partial charge in [-0.25, -0.2) is 0 Å². The molecule has 0 bridgehead atoms. The average Bonchev–Trinajstić information content (AvgIpc) is 2.93. The van der Waals surface area contributed by atoms with Gasteiger partial charge >= 0.3 is 0 Å². The summed E-state index contributed by atoms with van der Waals surface area (Å²) in [6, 6.07) is 9.48. The van der Waals surface area contributed by atoms with Gasteiger partial charge in [0.2, 0.25) is 5.91 Å². The van der Waals surface area contributed by atoms with Gasteiger partial charge in [-0.05, 0) is 31.2 Å². The Morgan fingerprint density at radius 2 is 2.18 bits per heavy atom. The number of hydrogen-bond donors (Lipinski definition) is 1. The van der Waals surface area contributed by atoms with Crippen LogP contribution in [-0.4, -0.2) is 30.9 Å². The van der Waals surface area contributed by atoms with Crippen molar-refractivity contribution in [2.75, 3.05) is 5.32 Å². The highest BCUT2D eigenvalue weighted by atomic mass is 32.2. The molecular weight excluding hydrogens is 298 g/mol. The van der Waals surface area contributed by atoms with E-state index in [1.807, 2.05) is 44.3 Å². The van der Waals surface area contributed by atoms with E-state index in [-0.39, 0.29) is 11.2 Å². The van der Waals surface area contributed by atoms with E-state index in [1.165, 1.54) is 11.8 Å². The van der Waals surface area contributed by atoms with Crippen LogP contribution in [0.5, 0.6) is 0 Å². The van der Waals surface area contributed by atoms with Crippen LogP contribution in [0.1, 0.15) is 6.92 Å². The molecule has 7 heteroatoms. The molecule has 1 N–H and O–H groups in total. The predicted molar refractivity (Wildman–Crippen MR) is 86.7 cm³/mol. The lowest BCUT2D eigenvalue weighted by molar-refractivity contribution is -0.115. The lowest BCUT2D eigenvalue weighted by atomic mass is 10.2. The maximum absolute atomic E-state index is 12.4. The van der Waals surface area contributed by atoms with Gasteiger partial charge in [0.05, 0.1) is 16.5 Å². The van der Waals surface area contributed by atoms with Crippen LogP contribution in [-0.2, 0) is 11.8 Å². The highest BCUT2D eigenvalue weighted by Crippen LogP contribution is 2.24. The van der Waals surface area contributed by atoms with E-state index in [1.54, 1.807) is 17.1 Å². The number of pyridine rings is 1. The molecule has 0 aliphatic carbocycles. The summed E-state index contributed by atoms with van der Waals surface area (Å²) in [6.07, 6.45) is 3.35. The molecule has 2 aromatic heterocycles. The molecule has 3 rings (SSSR count). The quantitative estimate of drug-likeness (QED) is 0.749. The fraction of sp³-hybridized carbons (Fsp3) is 0.200. The van der Waals surface area contributed by atoms with Crippen molar-refractivity contribution in [3.63, 3.8) is 0 Å². The Kier molecular flexibility index (Phi) is 4.06. The lowest BCUT2D eigenvalue weighted by Crippen LogP contribution is -2.23. The molecule has 1 atom stereocenters. The second-order valence-corrected chi connectivity index (χ2v) is 6.16. The van der Waals surface area contributed by atoms with Crippen molar-refractivity contribution in [1.29, 1.82) is 0 Å². The molecular formula is C15H15N5OS. The summed E-state index contributed by atoms with van der Waals surface area (Å²) in [6.45, 7) is 1.85. The average molecular weight is 313 g/mol. The Bertz CT molecular complexity index is 811. The number of nitrogens with zero attached hydrogens (tertiary/aromatic N) is 4. The Labute approximate surface area is 132 Å².